The van der Waals surface area contributed by atoms with Crippen molar-refractivity contribution in [2.45, 2.75) is 17.9 Å². The van der Waals surface area contributed by atoms with Crippen LogP contribution in [0.4, 0.5) is 0 Å². The van der Waals surface area contributed by atoms with E-state index in [-0.39, 0.29) is 23.5 Å². The molecule has 8 nitrogen and oxygen atoms in total. The summed E-state index contributed by atoms with van der Waals surface area (Å²) in [6, 6.07) is 12.1. The van der Waals surface area contributed by atoms with Crippen molar-refractivity contribution >= 4 is 15.9 Å². The number of hydrogen-bond donors (Lipinski definition) is 1. The highest BCUT2D eigenvalue weighted by molar-refractivity contribution is 7.89. The molecule has 4 rings (SSSR count). The maximum absolute atomic E-state index is 13.0. The Bertz CT molecular complexity index is 1060. The Hall–Kier alpha value is -2.62. The molecule has 2 aliphatic rings. The van der Waals surface area contributed by atoms with E-state index >= 15 is 0 Å². The van der Waals surface area contributed by atoms with Crippen molar-refractivity contribution in [2.24, 2.45) is 0 Å². The number of fused-ring (bicyclic) bond motifs is 1. The van der Waals surface area contributed by atoms with Crippen LogP contribution in [-0.4, -0.2) is 76.0 Å². The number of ether oxygens (including phenoxy) is 2. The zero-order valence-electron chi connectivity index (χ0n) is 17.7. The van der Waals surface area contributed by atoms with E-state index in [0.29, 0.717) is 55.4 Å². The molecule has 0 radical (unpaired) electrons. The molecular weight excluding hydrogens is 418 g/mol. The molecule has 1 saturated heterocycles. The first-order valence-electron chi connectivity index (χ1n) is 10.3. The molecule has 2 heterocycles. The van der Waals surface area contributed by atoms with E-state index in [1.807, 2.05) is 31.3 Å². The smallest absolute Gasteiger partial charge is 0.251 e. The summed E-state index contributed by atoms with van der Waals surface area (Å²) in [6.07, 6.45) is -0.323. The highest BCUT2D eigenvalue weighted by Gasteiger charge is 2.28. The van der Waals surface area contributed by atoms with Crippen LogP contribution in [0.2, 0.25) is 0 Å². The van der Waals surface area contributed by atoms with Gasteiger partial charge in [0.25, 0.3) is 5.91 Å². The van der Waals surface area contributed by atoms with Gasteiger partial charge in [0.2, 0.25) is 10.0 Å². The number of nitrogens with zero attached hydrogens (tertiary/aromatic N) is 2. The van der Waals surface area contributed by atoms with Crippen molar-refractivity contribution in [3.05, 3.63) is 53.6 Å². The van der Waals surface area contributed by atoms with E-state index in [9.17, 15) is 13.2 Å². The van der Waals surface area contributed by atoms with Crippen LogP contribution in [-0.2, 0) is 10.0 Å². The second-order valence-electron chi connectivity index (χ2n) is 7.89. The maximum Gasteiger partial charge on any atom is 0.251 e. The highest BCUT2D eigenvalue weighted by atomic mass is 32.2. The number of carbonyl (C=O) groups excluding carboxylic acids is 1. The van der Waals surface area contributed by atoms with Gasteiger partial charge in [0, 0.05) is 31.7 Å². The van der Waals surface area contributed by atoms with Gasteiger partial charge in [-0.05, 0) is 43.8 Å². The molecule has 0 aromatic heterocycles. The van der Waals surface area contributed by atoms with Crippen molar-refractivity contribution in [1.29, 1.82) is 0 Å². The molecule has 1 unspecified atom stereocenters. The fourth-order valence-corrected chi connectivity index (χ4v) is 5.10. The summed E-state index contributed by atoms with van der Waals surface area (Å²) >= 11 is 0. The van der Waals surface area contributed by atoms with Crippen molar-refractivity contribution in [2.75, 3.05) is 46.4 Å². The van der Waals surface area contributed by atoms with Crippen LogP contribution < -0.4 is 14.8 Å². The lowest BCUT2D eigenvalue weighted by Crippen LogP contribution is -2.47. The number of piperazine rings is 1. The van der Waals surface area contributed by atoms with Gasteiger partial charge in [-0.1, -0.05) is 18.2 Å². The number of nitrogens with one attached hydrogen (secondary N) is 1. The molecule has 1 fully saturated rings. The van der Waals surface area contributed by atoms with Crippen molar-refractivity contribution in [3.63, 3.8) is 0 Å². The van der Waals surface area contributed by atoms with Gasteiger partial charge in [-0.15, -0.1) is 0 Å². The van der Waals surface area contributed by atoms with Gasteiger partial charge in [0.1, 0.15) is 12.7 Å². The molecule has 1 N–H and O–H groups in total. The Balaban J connectivity index is 1.44. The van der Waals surface area contributed by atoms with Crippen LogP contribution in [0.3, 0.4) is 0 Å². The fraction of sp³-hybridized carbons (Fsp3) is 0.409. The van der Waals surface area contributed by atoms with Gasteiger partial charge < -0.3 is 19.7 Å². The number of hydrogen-bond acceptors (Lipinski definition) is 6. The lowest BCUT2D eigenvalue weighted by atomic mass is 10.1. The van der Waals surface area contributed by atoms with E-state index in [0.717, 1.165) is 0 Å². The quantitative estimate of drug-likeness (QED) is 0.751. The number of sulfonamides is 1. The zero-order chi connectivity index (χ0) is 22.0. The lowest BCUT2D eigenvalue weighted by molar-refractivity contribution is 0.0788. The molecule has 1 atom stereocenters. The van der Waals surface area contributed by atoms with Gasteiger partial charge in [-0.3, -0.25) is 4.79 Å². The Labute approximate surface area is 182 Å². The van der Waals surface area contributed by atoms with E-state index in [1.165, 1.54) is 10.4 Å². The summed E-state index contributed by atoms with van der Waals surface area (Å²) in [7, 11) is -1.67. The summed E-state index contributed by atoms with van der Waals surface area (Å²) in [5, 5.41) is 2.85. The number of amides is 1. The first-order valence-corrected chi connectivity index (χ1v) is 11.7. The molecular formula is C22H27N3O5S. The van der Waals surface area contributed by atoms with Gasteiger partial charge in [-0.2, -0.15) is 4.31 Å². The number of rotatable bonds is 5. The molecule has 166 valence electrons. The molecule has 2 aromatic rings. The average Bonchev–Trinajstić information content (AvgIpc) is 2.77. The molecule has 0 bridgehead atoms. The topological polar surface area (TPSA) is 88.2 Å². The molecule has 31 heavy (non-hydrogen) atoms. The summed E-state index contributed by atoms with van der Waals surface area (Å²) in [5.41, 5.74) is 1.05. The number of benzene rings is 2. The van der Waals surface area contributed by atoms with Gasteiger partial charge >= 0.3 is 0 Å². The molecule has 2 aromatic carbocycles. The van der Waals surface area contributed by atoms with Crippen molar-refractivity contribution in [3.8, 4) is 11.5 Å². The van der Waals surface area contributed by atoms with Gasteiger partial charge in [0.15, 0.2) is 11.5 Å². The molecule has 0 spiro atoms. The second kappa shape index (κ2) is 8.86. The maximum atomic E-state index is 13.0. The average molecular weight is 446 g/mol. The van der Waals surface area contributed by atoms with Crippen molar-refractivity contribution < 1.29 is 22.7 Å². The second-order valence-corrected chi connectivity index (χ2v) is 9.83. The van der Waals surface area contributed by atoms with Gasteiger partial charge in [-0.25, -0.2) is 8.42 Å². The zero-order valence-corrected chi connectivity index (χ0v) is 18.5. The predicted octanol–water partition coefficient (Wildman–Crippen LogP) is 1.50. The number of likely N-dealkylation sites (N-methyl/N-ethyl adjacent to an activating group) is 1. The van der Waals surface area contributed by atoms with Crippen LogP contribution >= 0.6 is 0 Å². The minimum atomic E-state index is -3.65. The predicted molar refractivity (Wildman–Crippen MR) is 116 cm³/mol. The Morgan fingerprint density at radius 3 is 2.55 bits per heavy atom. The lowest BCUT2D eigenvalue weighted by Gasteiger charge is -2.31. The molecule has 2 aliphatic heterocycles. The minimum absolute atomic E-state index is 0.138. The van der Waals surface area contributed by atoms with Crippen LogP contribution in [0, 0.1) is 6.92 Å². The molecule has 9 heteroatoms. The van der Waals surface area contributed by atoms with E-state index < -0.39 is 10.0 Å². The minimum Gasteiger partial charge on any atom is -0.486 e. The fourth-order valence-electron chi connectivity index (χ4n) is 3.65. The largest absolute Gasteiger partial charge is 0.486 e. The van der Waals surface area contributed by atoms with Crippen LogP contribution in [0.5, 0.6) is 11.5 Å². The monoisotopic (exact) mass is 445 g/mol. The number of aryl methyl sites for hydroxylation is 1. The third-order valence-corrected chi connectivity index (χ3v) is 7.51. The van der Waals surface area contributed by atoms with E-state index in [1.54, 1.807) is 19.1 Å². The normalized spacial score (nSPS) is 19.7. The van der Waals surface area contributed by atoms with Crippen LogP contribution in [0.15, 0.2) is 47.4 Å². The Kier molecular flexibility index (Phi) is 6.17. The summed E-state index contributed by atoms with van der Waals surface area (Å²) < 4.78 is 39.1. The van der Waals surface area contributed by atoms with Crippen molar-refractivity contribution in [1.82, 2.24) is 14.5 Å². The van der Waals surface area contributed by atoms with Crippen LogP contribution in [0.25, 0.3) is 0 Å². The highest BCUT2D eigenvalue weighted by Crippen LogP contribution is 2.30. The van der Waals surface area contributed by atoms with Gasteiger partial charge in [0.05, 0.1) is 11.4 Å². The molecule has 1 amide bonds. The first kappa shape index (κ1) is 21.6. The SMILES string of the molecule is Cc1ccc(S(=O)(=O)N2CCN(C)CC2)cc1C(=O)NCC1COc2ccccc2O1. The van der Waals surface area contributed by atoms with E-state index in [4.69, 9.17) is 9.47 Å². The number of carbonyl (C=O) groups is 1. The third-order valence-electron chi connectivity index (χ3n) is 5.61. The third kappa shape index (κ3) is 4.68. The Morgan fingerprint density at radius 1 is 1.10 bits per heavy atom. The first-order chi connectivity index (χ1) is 14.8. The van der Waals surface area contributed by atoms with Crippen LogP contribution in [0.1, 0.15) is 15.9 Å². The standard InChI is InChI=1S/C22H27N3O5S/c1-16-7-8-18(31(27,28)25-11-9-24(2)10-12-25)13-19(16)22(26)23-14-17-15-29-20-5-3-4-6-21(20)30-17/h3-8,13,17H,9-12,14-15H2,1-2H3,(H,23,26). The van der Waals surface area contributed by atoms with E-state index in [2.05, 4.69) is 10.2 Å². The number of para-hydroxylation sites is 2. The molecule has 0 saturated carbocycles. The summed E-state index contributed by atoms with van der Waals surface area (Å²) in [4.78, 5) is 15.1. The summed E-state index contributed by atoms with van der Waals surface area (Å²) in [5.74, 6) is 0.988. The Morgan fingerprint density at radius 2 is 1.81 bits per heavy atom. The summed E-state index contributed by atoms with van der Waals surface area (Å²) in [6.45, 7) is 4.62. The molecule has 0 aliphatic carbocycles.